The van der Waals surface area contributed by atoms with Gasteiger partial charge in [-0.2, -0.15) is 0 Å². The third kappa shape index (κ3) is 4.83. The zero-order valence-electron chi connectivity index (χ0n) is 15.9. The standard InChI is InChI=1S/C21H26N2O4S/c24-23(25)21-11-10-18(28-21)14-22(12-16-6-2-1-3-7-16)13-17-15-26-19-8-4-5-9-20(19)27-17/h4-5,8-11,16-17H,1-3,6-7,12-15H2. The van der Waals surface area contributed by atoms with Crippen molar-refractivity contribution in [1.82, 2.24) is 4.90 Å². The van der Waals surface area contributed by atoms with Crippen LogP contribution < -0.4 is 9.47 Å². The molecule has 1 aromatic carbocycles. The minimum atomic E-state index is -0.311. The number of hydrogen-bond acceptors (Lipinski definition) is 6. The Hall–Kier alpha value is -2.12. The fourth-order valence-electron chi connectivity index (χ4n) is 4.15. The average molecular weight is 403 g/mol. The fourth-order valence-corrected chi connectivity index (χ4v) is 5.01. The van der Waals surface area contributed by atoms with Crippen molar-refractivity contribution in [3.63, 3.8) is 0 Å². The average Bonchev–Trinajstić information content (AvgIpc) is 3.17. The highest BCUT2D eigenvalue weighted by molar-refractivity contribution is 7.15. The van der Waals surface area contributed by atoms with E-state index in [-0.39, 0.29) is 16.0 Å². The highest BCUT2D eigenvalue weighted by Crippen LogP contribution is 2.32. The molecule has 2 aromatic rings. The third-order valence-electron chi connectivity index (χ3n) is 5.48. The van der Waals surface area contributed by atoms with Crippen molar-refractivity contribution in [2.24, 2.45) is 5.92 Å². The van der Waals surface area contributed by atoms with Gasteiger partial charge in [0.1, 0.15) is 12.7 Å². The van der Waals surface area contributed by atoms with Gasteiger partial charge in [-0.25, -0.2) is 0 Å². The summed E-state index contributed by atoms with van der Waals surface area (Å²) in [6.07, 6.45) is 6.45. The van der Waals surface area contributed by atoms with Gasteiger partial charge in [0.2, 0.25) is 0 Å². The van der Waals surface area contributed by atoms with Gasteiger partial charge in [-0.15, -0.1) is 0 Å². The van der Waals surface area contributed by atoms with Crippen LogP contribution in [0.5, 0.6) is 11.5 Å². The Bertz CT molecular complexity index is 803. The van der Waals surface area contributed by atoms with E-state index in [2.05, 4.69) is 4.90 Å². The van der Waals surface area contributed by atoms with Crippen LogP contribution in [0.2, 0.25) is 0 Å². The second kappa shape index (κ2) is 8.92. The first-order valence-electron chi connectivity index (χ1n) is 10.0. The summed E-state index contributed by atoms with van der Waals surface area (Å²) in [5.74, 6) is 2.29. The Morgan fingerprint density at radius 2 is 1.86 bits per heavy atom. The molecule has 7 heteroatoms. The molecular weight excluding hydrogens is 376 g/mol. The number of thiophene rings is 1. The number of ether oxygens (including phenoxy) is 2. The smallest absolute Gasteiger partial charge is 0.324 e. The number of para-hydroxylation sites is 2. The number of nitrogens with zero attached hydrogens (tertiary/aromatic N) is 2. The lowest BCUT2D eigenvalue weighted by Gasteiger charge is -2.34. The van der Waals surface area contributed by atoms with Crippen LogP contribution in [-0.4, -0.2) is 35.6 Å². The van der Waals surface area contributed by atoms with E-state index >= 15 is 0 Å². The van der Waals surface area contributed by atoms with Crippen LogP contribution in [0.4, 0.5) is 5.00 Å². The summed E-state index contributed by atoms with van der Waals surface area (Å²) < 4.78 is 12.0. The molecule has 28 heavy (non-hydrogen) atoms. The highest BCUT2D eigenvalue weighted by Gasteiger charge is 2.26. The van der Waals surface area contributed by atoms with Gasteiger partial charge in [0.25, 0.3) is 0 Å². The van der Waals surface area contributed by atoms with E-state index in [1.807, 2.05) is 30.3 Å². The van der Waals surface area contributed by atoms with Crippen LogP contribution in [-0.2, 0) is 6.54 Å². The summed E-state index contributed by atoms with van der Waals surface area (Å²) in [4.78, 5) is 14.1. The molecule has 0 N–H and O–H groups in total. The molecule has 1 unspecified atom stereocenters. The summed E-state index contributed by atoms with van der Waals surface area (Å²) in [5, 5.41) is 11.2. The molecule has 150 valence electrons. The first kappa shape index (κ1) is 19.2. The van der Waals surface area contributed by atoms with Crippen molar-refractivity contribution in [3.05, 3.63) is 51.4 Å². The van der Waals surface area contributed by atoms with E-state index in [0.717, 1.165) is 36.0 Å². The van der Waals surface area contributed by atoms with Gasteiger partial charge < -0.3 is 9.47 Å². The van der Waals surface area contributed by atoms with Gasteiger partial charge in [0, 0.05) is 30.6 Å². The lowest BCUT2D eigenvalue weighted by atomic mass is 9.89. The first-order valence-corrected chi connectivity index (χ1v) is 10.8. The number of fused-ring (bicyclic) bond motifs is 1. The summed E-state index contributed by atoms with van der Waals surface area (Å²) in [6.45, 7) is 3.02. The Morgan fingerprint density at radius 3 is 2.61 bits per heavy atom. The molecule has 1 atom stereocenters. The van der Waals surface area contributed by atoms with Crippen LogP contribution in [0.25, 0.3) is 0 Å². The molecular formula is C21H26N2O4S. The van der Waals surface area contributed by atoms with Crippen molar-refractivity contribution in [2.45, 2.75) is 44.8 Å². The molecule has 0 spiro atoms. The molecule has 1 saturated carbocycles. The molecule has 1 aliphatic heterocycles. The van der Waals surface area contributed by atoms with Crippen LogP contribution >= 0.6 is 11.3 Å². The van der Waals surface area contributed by atoms with E-state index in [9.17, 15) is 10.1 Å². The highest BCUT2D eigenvalue weighted by atomic mass is 32.1. The predicted octanol–water partition coefficient (Wildman–Crippen LogP) is 4.88. The lowest BCUT2D eigenvalue weighted by molar-refractivity contribution is -0.380. The van der Waals surface area contributed by atoms with Gasteiger partial charge in [-0.1, -0.05) is 42.7 Å². The number of hydrogen-bond donors (Lipinski definition) is 0. The van der Waals surface area contributed by atoms with Gasteiger partial charge in [-0.3, -0.25) is 15.0 Å². The fraction of sp³-hybridized carbons (Fsp3) is 0.524. The zero-order valence-corrected chi connectivity index (χ0v) is 16.7. The summed E-state index contributed by atoms with van der Waals surface area (Å²) >= 11 is 1.27. The van der Waals surface area contributed by atoms with E-state index in [4.69, 9.17) is 9.47 Å². The largest absolute Gasteiger partial charge is 0.486 e. The minimum Gasteiger partial charge on any atom is -0.486 e. The molecule has 0 radical (unpaired) electrons. The number of nitro groups is 1. The second-order valence-corrected chi connectivity index (χ2v) is 8.84. The van der Waals surface area contributed by atoms with Crippen molar-refractivity contribution >= 4 is 16.3 Å². The predicted molar refractivity (Wildman–Crippen MR) is 109 cm³/mol. The molecule has 1 aromatic heterocycles. The van der Waals surface area contributed by atoms with Gasteiger partial charge in [0.05, 0.1) is 4.92 Å². The molecule has 6 nitrogen and oxygen atoms in total. The normalized spacial score (nSPS) is 19.7. The molecule has 4 rings (SSSR count). The summed E-state index contributed by atoms with van der Waals surface area (Å²) in [6, 6.07) is 11.3. The quantitative estimate of drug-likeness (QED) is 0.488. The monoisotopic (exact) mass is 402 g/mol. The van der Waals surface area contributed by atoms with Gasteiger partial charge in [-0.05, 0) is 37.0 Å². The molecule has 0 amide bonds. The first-order chi connectivity index (χ1) is 13.7. The maximum atomic E-state index is 11.0. The zero-order chi connectivity index (χ0) is 19.3. The molecule has 0 saturated heterocycles. The maximum Gasteiger partial charge on any atom is 0.324 e. The lowest BCUT2D eigenvalue weighted by Crippen LogP contribution is -2.42. The Labute approximate surface area is 169 Å². The number of benzene rings is 1. The molecule has 1 fully saturated rings. The summed E-state index contributed by atoms with van der Waals surface area (Å²) in [7, 11) is 0. The molecule has 0 bridgehead atoms. The van der Waals surface area contributed by atoms with Crippen LogP contribution in [0.1, 0.15) is 37.0 Å². The molecule has 2 aliphatic rings. The Kier molecular flexibility index (Phi) is 6.12. The van der Waals surface area contributed by atoms with Crippen molar-refractivity contribution in [3.8, 4) is 11.5 Å². The van der Waals surface area contributed by atoms with Crippen LogP contribution in [0.15, 0.2) is 36.4 Å². The minimum absolute atomic E-state index is 0.0339. The molecule has 2 heterocycles. The number of rotatable bonds is 7. The third-order valence-corrected chi connectivity index (χ3v) is 6.50. The van der Waals surface area contributed by atoms with E-state index in [1.54, 1.807) is 6.07 Å². The summed E-state index contributed by atoms with van der Waals surface area (Å²) in [5.41, 5.74) is 0. The maximum absolute atomic E-state index is 11.0. The molecule has 1 aliphatic carbocycles. The van der Waals surface area contributed by atoms with Crippen molar-refractivity contribution < 1.29 is 14.4 Å². The Morgan fingerprint density at radius 1 is 1.07 bits per heavy atom. The van der Waals surface area contributed by atoms with E-state index in [1.165, 1.54) is 43.4 Å². The Balaban J connectivity index is 1.43. The van der Waals surface area contributed by atoms with Crippen LogP contribution in [0, 0.1) is 16.0 Å². The topological polar surface area (TPSA) is 64.8 Å². The van der Waals surface area contributed by atoms with Crippen molar-refractivity contribution in [2.75, 3.05) is 19.7 Å². The SMILES string of the molecule is O=[N+]([O-])c1ccc(CN(CC2CCCCC2)CC2COc3ccccc3O2)s1. The van der Waals surface area contributed by atoms with E-state index < -0.39 is 0 Å². The van der Waals surface area contributed by atoms with Gasteiger partial charge >= 0.3 is 5.00 Å². The van der Waals surface area contributed by atoms with E-state index in [0.29, 0.717) is 12.5 Å². The van der Waals surface area contributed by atoms with Crippen molar-refractivity contribution in [1.29, 1.82) is 0 Å². The van der Waals surface area contributed by atoms with Gasteiger partial charge in [0.15, 0.2) is 11.5 Å². The van der Waals surface area contributed by atoms with Crippen LogP contribution in [0.3, 0.4) is 0 Å². The second-order valence-electron chi connectivity index (χ2n) is 7.69.